The van der Waals surface area contributed by atoms with E-state index >= 15 is 0 Å². The van der Waals surface area contributed by atoms with Gasteiger partial charge in [0, 0.05) is 6.08 Å². The van der Waals surface area contributed by atoms with Crippen LogP contribution in [0.15, 0.2) is 59.3 Å². The number of ether oxygens (including phenoxy) is 1. The lowest BCUT2D eigenvalue weighted by molar-refractivity contribution is -0.137. The molecule has 0 radical (unpaired) electrons. The Bertz CT molecular complexity index is 474. The van der Waals surface area contributed by atoms with Gasteiger partial charge in [0.1, 0.15) is 0 Å². The van der Waals surface area contributed by atoms with Crippen molar-refractivity contribution in [2.45, 2.75) is 40.0 Å². The third-order valence-corrected chi connectivity index (χ3v) is 2.93. The second-order valence-corrected chi connectivity index (χ2v) is 4.92. The van der Waals surface area contributed by atoms with Crippen LogP contribution in [0.3, 0.4) is 0 Å². The molecule has 0 fully saturated rings. The lowest BCUT2D eigenvalue weighted by Crippen LogP contribution is -1.99. The molecule has 1 rings (SSSR count). The van der Waals surface area contributed by atoms with Gasteiger partial charge in [-0.15, -0.1) is 0 Å². The molecule has 1 aliphatic rings. The average Bonchev–Trinajstić information content (AvgIpc) is 2.39. The van der Waals surface area contributed by atoms with E-state index in [1.54, 1.807) is 6.92 Å². The SMILES string of the molecule is CCOC(=O)/C=C(C)/C=C/C=C(C)/C=C1\C=CCCC1. The lowest BCUT2D eigenvalue weighted by Gasteiger charge is -2.06. The highest BCUT2D eigenvalue weighted by molar-refractivity contribution is 5.83. The van der Waals surface area contributed by atoms with Crippen LogP contribution in [0.5, 0.6) is 0 Å². The highest BCUT2D eigenvalue weighted by Gasteiger charge is 1.98. The normalized spacial score (nSPS) is 18.9. The van der Waals surface area contributed by atoms with Crippen molar-refractivity contribution < 1.29 is 9.53 Å². The standard InChI is InChI=1S/C18H24O2/c1-4-20-18(19)14-16(3)10-8-9-15(2)13-17-11-6-5-7-12-17/h6,8-11,13-14H,4-5,7,12H2,1-3H3/b10-8+,15-9+,16-14+,17-13+. The van der Waals surface area contributed by atoms with Crippen molar-refractivity contribution in [3.63, 3.8) is 0 Å². The quantitative estimate of drug-likeness (QED) is 0.413. The molecule has 0 aromatic carbocycles. The maximum absolute atomic E-state index is 11.2. The fraction of sp³-hybridized carbons (Fsp3) is 0.389. The number of esters is 1. The summed E-state index contributed by atoms with van der Waals surface area (Å²) in [5, 5.41) is 0. The number of carbonyl (C=O) groups is 1. The van der Waals surface area contributed by atoms with Crippen LogP contribution in [0.4, 0.5) is 0 Å². The molecule has 0 bridgehead atoms. The summed E-state index contributed by atoms with van der Waals surface area (Å²) < 4.78 is 4.86. The van der Waals surface area contributed by atoms with Crippen molar-refractivity contribution in [1.82, 2.24) is 0 Å². The highest BCUT2D eigenvalue weighted by Crippen LogP contribution is 2.17. The van der Waals surface area contributed by atoms with E-state index in [2.05, 4.69) is 31.2 Å². The number of allylic oxidation sites excluding steroid dienone is 9. The van der Waals surface area contributed by atoms with Crippen molar-refractivity contribution in [3.8, 4) is 0 Å². The molecule has 1 aliphatic carbocycles. The predicted octanol–water partition coefficient (Wildman–Crippen LogP) is 4.66. The smallest absolute Gasteiger partial charge is 0.330 e. The summed E-state index contributed by atoms with van der Waals surface area (Å²) in [6.07, 6.45) is 17.7. The van der Waals surface area contributed by atoms with E-state index in [-0.39, 0.29) is 5.97 Å². The topological polar surface area (TPSA) is 26.3 Å². The molecule has 0 heterocycles. The molecule has 108 valence electrons. The molecule has 0 saturated carbocycles. The van der Waals surface area contributed by atoms with Gasteiger partial charge in [-0.3, -0.25) is 0 Å². The number of hydrogen-bond donors (Lipinski definition) is 0. The molecule has 2 nitrogen and oxygen atoms in total. The van der Waals surface area contributed by atoms with Gasteiger partial charge in [0.25, 0.3) is 0 Å². The Balaban J connectivity index is 2.57. The van der Waals surface area contributed by atoms with Crippen LogP contribution in [-0.4, -0.2) is 12.6 Å². The second-order valence-electron chi connectivity index (χ2n) is 4.92. The first kappa shape index (κ1) is 16.2. The van der Waals surface area contributed by atoms with Crippen LogP contribution in [0.1, 0.15) is 40.0 Å². The summed E-state index contributed by atoms with van der Waals surface area (Å²) in [4.78, 5) is 11.2. The van der Waals surface area contributed by atoms with Crippen molar-refractivity contribution >= 4 is 5.97 Å². The third-order valence-electron chi connectivity index (χ3n) is 2.93. The summed E-state index contributed by atoms with van der Waals surface area (Å²) in [6, 6.07) is 0. The summed E-state index contributed by atoms with van der Waals surface area (Å²) in [5.41, 5.74) is 3.49. The largest absolute Gasteiger partial charge is 0.463 e. The number of rotatable bonds is 5. The number of carbonyl (C=O) groups excluding carboxylic acids is 1. The first-order valence-electron chi connectivity index (χ1n) is 7.19. The molecule has 0 amide bonds. The fourth-order valence-corrected chi connectivity index (χ4v) is 1.97. The Hall–Kier alpha value is -1.83. The summed E-state index contributed by atoms with van der Waals surface area (Å²) in [5.74, 6) is -0.287. The molecule has 20 heavy (non-hydrogen) atoms. The predicted molar refractivity (Wildman–Crippen MR) is 84.4 cm³/mol. The van der Waals surface area contributed by atoms with E-state index in [1.165, 1.54) is 30.1 Å². The maximum atomic E-state index is 11.2. The first-order chi connectivity index (χ1) is 9.61. The van der Waals surface area contributed by atoms with Gasteiger partial charge in [0.15, 0.2) is 0 Å². The molecule has 0 saturated heterocycles. The Morgan fingerprint density at radius 3 is 2.80 bits per heavy atom. The Labute approximate surface area is 122 Å². The van der Waals surface area contributed by atoms with Crippen LogP contribution in [0.25, 0.3) is 0 Å². The Morgan fingerprint density at radius 2 is 2.15 bits per heavy atom. The van der Waals surface area contributed by atoms with E-state index in [9.17, 15) is 4.79 Å². The first-order valence-corrected chi connectivity index (χ1v) is 7.19. The van der Waals surface area contributed by atoms with Gasteiger partial charge < -0.3 is 4.74 Å². The second kappa shape index (κ2) is 9.13. The van der Waals surface area contributed by atoms with Gasteiger partial charge in [-0.05, 0) is 51.2 Å². The minimum atomic E-state index is -0.287. The van der Waals surface area contributed by atoms with E-state index < -0.39 is 0 Å². The van der Waals surface area contributed by atoms with Crippen molar-refractivity contribution in [3.05, 3.63) is 59.3 Å². The lowest BCUT2D eigenvalue weighted by atomic mass is 10.00. The minimum absolute atomic E-state index is 0.287. The molecule has 0 N–H and O–H groups in total. The fourth-order valence-electron chi connectivity index (χ4n) is 1.97. The van der Waals surface area contributed by atoms with E-state index in [1.807, 2.05) is 19.1 Å². The molecule has 0 aliphatic heterocycles. The Morgan fingerprint density at radius 1 is 1.35 bits per heavy atom. The van der Waals surface area contributed by atoms with E-state index in [0.29, 0.717) is 6.61 Å². The van der Waals surface area contributed by atoms with Gasteiger partial charge in [-0.2, -0.15) is 0 Å². The molecular weight excluding hydrogens is 248 g/mol. The van der Waals surface area contributed by atoms with Crippen LogP contribution < -0.4 is 0 Å². The Kier molecular flexibility index (Phi) is 7.41. The van der Waals surface area contributed by atoms with Crippen molar-refractivity contribution in [2.75, 3.05) is 6.61 Å². The van der Waals surface area contributed by atoms with Gasteiger partial charge >= 0.3 is 5.97 Å². The average molecular weight is 272 g/mol. The zero-order chi connectivity index (χ0) is 14.8. The zero-order valence-electron chi connectivity index (χ0n) is 12.7. The molecule has 0 atom stereocenters. The van der Waals surface area contributed by atoms with E-state index in [0.717, 1.165) is 12.0 Å². The van der Waals surface area contributed by atoms with Crippen LogP contribution in [0.2, 0.25) is 0 Å². The highest BCUT2D eigenvalue weighted by atomic mass is 16.5. The summed E-state index contributed by atoms with van der Waals surface area (Å²) in [7, 11) is 0. The zero-order valence-corrected chi connectivity index (χ0v) is 12.7. The molecule has 0 unspecified atom stereocenters. The van der Waals surface area contributed by atoms with Gasteiger partial charge in [0.05, 0.1) is 6.61 Å². The van der Waals surface area contributed by atoms with Gasteiger partial charge in [-0.1, -0.05) is 42.0 Å². The molecular formula is C18H24O2. The summed E-state index contributed by atoms with van der Waals surface area (Å²) >= 11 is 0. The minimum Gasteiger partial charge on any atom is -0.463 e. The monoisotopic (exact) mass is 272 g/mol. The molecule has 2 heteroatoms. The van der Waals surface area contributed by atoms with Gasteiger partial charge in [-0.25, -0.2) is 4.79 Å². The molecule has 0 aromatic heterocycles. The maximum Gasteiger partial charge on any atom is 0.330 e. The number of hydrogen-bond acceptors (Lipinski definition) is 2. The van der Waals surface area contributed by atoms with Crippen LogP contribution in [0, 0.1) is 0 Å². The van der Waals surface area contributed by atoms with Gasteiger partial charge in [0.2, 0.25) is 0 Å². The van der Waals surface area contributed by atoms with E-state index in [4.69, 9.17) is 4.74 Å². The van der Waals surface area contributed by atoms with Crippen molar-refractivity contribution in [2.24, 2.45) is 0 Å². The van der Waals surface area contributed by atoms with Crippen molar-refractivity contribution in [1.29, 1.82) is 0 Å². The molecule has 0 aromatic rings. The van der Waals surface area contributed by atoms with Crippen LogP contribution >= 0.6 is 0 Å². The third kappa shape index (κ3) is 6.93. The van der Waals surface area contributed by atoms with Crippen LogP contribution in [-0.2, 0) is 9.53 Å². The molecule has 0 spiro atoms. The summed E-state index contributed by atoms with van der Waals surface area (Å²) in [6.45, 7) is 6.19.